The van der Waals surface area contributed by atoms with Crippen LogP contribution in [-0.2, 0) is 0 Å². The molecular weight excluding hydrogens is 196 g/mol. The van der Waals surface area contributed by atoms with Crippen molar-refractivity contribution < 1.29 is 4.79 Å². The molecule has 3 nitrogen and oxygen atoms in total. The molecule has 1 aromatic rings. The summed E-state index contributed by atoms with van der Waals surface area (Å²) in [5.74, 6) is 0.700. The van der Waals surface area contributed by atoms with E-state index < -0.39 is 0 Å². The van der Waals surface area contributed by atoms with E-state index in [4.69, 9.17) is 5.73 Å². The first-order valence-corrected chi connectivity index (χ1v) is 5.81. The van der Waals surface area contributed by atoms with Gasteiger partial charge in [0, 0.05) is 11.3 Å². The number of nitrogens with zero attached hydrogens (tertiary/aromatic N) is 1. The number of Topliss-reactive ketones (excluding diaryl/α,β-unsaturated/α-hetero) is 1. The predicted molar refractivity (Wildman–Crippen MR) is 56.3 cm³/mol. The van der Waals surface area contributed by atoms with Crippen LogP contribution in [0.4, 0.5) is 0 Å². The van der Waals surface area contributed by atoms with Crippen molar-refractivity contribution in [3.8, 4) is 0 Å². The molecule has 0 amide bonds. The maximum absolute atomic E-state index is 12.0. The van der Waals surface area contributed by atoms with Gasteiger partial charge in [-0.05, 0) is 42.9 Å². The highest BCUT2D eigenvalue weighted by molar-refractivity contribution is 7.03. The minimum atomic E-state index is 0.127. The molecule has 0 saturated heterocycles. The Balaban J connectivity index is 2.11. The van der Waals surface area contributed by atoms with Gasteiger partial charge in [0.25, 0.3) is 0 Å². The van der Waals surface area contributed by atoms with Gasteiger partial charge < -0.3 is 5.73 Å². The van der Waals surface area contributed by atoms with Crippen LogP contribution in [0.15, 0.2) is 11.4 Å². The molecule has 14 heavy (non-hydrogen) atoms. The van der Waals surface area contributed by atoms with Crippen molar-refractivity contribution in [3.05, 3.63) is 17.1 Å². The molecule has 0 bridgehead atoms. The standard InChI is InChI=1S/C10H14N2OS/c11-6-7-2-1-3-8(7)10(13)9-4-5-14-12-9/h4-5,7-8H,1-3,6,11H2/t7-,8-/m0/s1. The second-order valence-corrected chi connectivity index (χ2v) is 4.45. The van der Waals surface area contributed by atoms with Crippen molar-refractivity contribution in [2.45, 2.75) is 19.3 Å². The first-order chi connectivity index (χ1) is 6.83. The molecule has 0 aliphatic heterocycles. The normalized spacial score (nSPS) is 26.6. The summed E-state index contributed by atoms with van der Waals surface area (Å²) in [6.45, 7) is 0.626. The highest BCUT2D eigenvalue weighted by Gasteiger charge is 2.33. The average molecular weight is 210 g/mol. The quantitative estimate of drug-likeness (QED) is 0.772. The fraction of sp³-hybridized carbons (Fsp3) is 0.600. The minimum Gasteiger partial charge on any atom is -0.330 e. The van der Waals surface area contributed by atoms with E-state index in [1.54, 1.807) is 6.07 Å². The smallest absolute Gasteiger partial charge is 0.185 e. The third kappa shape index (κ3) is 1.72. The predicted octanol–water partition coefficient (Wildman–Crippen LogP) is 1.70. The lowest BCUT2D eigenvalue weighted by atomic mass is 9.90. The number of hydrogen-bond acceptors (Lipinski definition) is 4. The Morgan fingerprint density at radius 1 is 1.64 bits per heavy atom. The number of hydrogen-bond donors (Lipinski definition) is 1. The van der Waals surface area contributed by atoms with Gasteiger partial charge in [0.15, 0.2) is 5.78 Å². The van der Waals surface area contributed by atoms with Crippen LogP contribution in [-0.4, -0.2) is 16.7 Å². The zero-order valence-electron chi connectivity index (χ0n) is 7.98. The van der Waals surface area contributed by atoms with Crippen molar-refractivity contribution >= 4 is 17.3 Å². The Kier molecular flexibility index (Phi) is 2.93. The summed E-state index contributed by atoms with van der Waals surface area (Å²) in [5.41, 5.74) is 6.27. The summed E-state index contributed by atoms with van der Waals surface area (Å²) < 4.78 is 4.08. The molecule has 2 rings (SSSR count). The van der Waals surface area contributed by atoms with Gasteiger partial charge in [0.1, 0.15) is 5.69 Å². The summed E-state index contributed by atoms with van der Waals surface area (Å²) in [6.07, 6.45) is 3.21. The Morgan fingerprint density at radius 2 is 2.50 bits per heavy atom. The molecule has 0 aromatic carbocycles. The van der Waals surface area contributed by atoms with Gasteiger partial charge in [0.05, 0.1) is 0 Å². The molecular formula is C10H14N2OS. The van der Waals surface area contributed by atoms with Gasteiger partial charge in [-0.25, -0.2) is 0 Å². The average Bonchev–Trinajstić information content (AvgIpc) is 2.87. The van der Waals surface area contributed by atoms with Crippen LogP contribution in [0.5, 0.6) is 0 Å². The molecule has 76 valence electrons. The largest absolute Gasteiger partial charge is 0.330 e. The van der Waals surface area contributed by atoms with E-state index in [0.29, 0.717) is 18.2 Å². The highest BCUT2D eigenvalue weighted by Crippen LogP contribution is 2.33. The molecule has 0 unspecified atom stereocenters. The maximum Gasteiger partial charge on any atom is 0.185 e. The first kappa shape index (κ1) is 9.80. The molecule has 1 aliphatic carbocycles. The van der Waals surface area contributed by atoms with Crippen LogP contribution in [0, 0.1) is 11.8 Å². The maximum atomic E-state index is 12.0. The van der Waals surface area contributed by atoms with Gasteiger partial charge >= 0.3 is 0 Å². The highest BCUT2D eigenvalue weighted by atomic mass is 32.1. The lowest BCUT2D eigenvalue weighted by molar-refractivity contribution is 0.0889. The van der Waals surface area contributed by atoms with E-state index in [0.717, 1.165) is 19.3 Å². The summed E-state index contributed by atoms with van der Waals surface area (Å²) in [6, 6.07) is 1.80. The Hall–Kier alpha value is -0.740. The van der Waals surface area contributed by atoms with Crippen molar-refractivity contribution in [1.29, 1.82) is 0 Å². The molecule has 1 aromatic heterocycles. The molecule has 2 atom stereocenters. The summed E-state index contributed by atoms with van der Waals surface area (Å²) in [4.78, 5) is 12.0. The zero-order chi connectivity index (χ0) is 9.97. The van der Waals surface area contributed by atoms with Gasteiger partial charge in [-0.1, -0.05) is 6.42 Å². The third-order valence-corrected chi connectivity index (χ3v) is 3.55. The molecule has 0 spiro atoms. The van der Waals surface area contributed by atoms with Crippen molar-refractivity contribution in [2.75, 3.05) is 6.54 Å². The van der Waals surface area contributed by atoms with Crippen LogP contribution in [0.1, 0.15) is 29.8 Å². The molecule has 1 heterocycles. The minimum absolute atomic E-state index is 0.127. The van der Waals surface area contributed by atoms with E-state index in [9.17, 15) is 4.79 Å². The number of nitrogens with two attached hydrogens (primary N) is 1. The number of aromatic nitrogens is 1. The summed E-state index contributed by atoms with van der Waals surface area (Å²) in [5, 5.41) is 1.85. The Morgan fingerprint density at radius 3 is 3.14 bits per heavy atom. The molecule has 4 heteroatoms. The lowest BCUT2D eigenvalue weighted by Crippen LogP contribution is -2.25. The molecule has 1 saturated carbocycles. The number of carbonyl (C=O) groups excluding carboxylic acids is 1. The number of rotatable bonds is 3. The van der Waals surface area contributed by atoms with Crippen LogP contribution < -0.4 is 5.73 Å². The van der Waals surface area contributed by atoms with Crippen molar-refractivity contribution in [2.24, 2.45) is 17.6 Å². The molecule has 0 radical (unpaired) electrons. The molecule has 2 N–H and O–H groups in total. The Labute approximate surface area is 87.5 Å². The molecule has 1 aliphatic rings. The summed E-state index contributed by atoms with van der Waals surface area (Å²) >= 11 is 1.33. The number of carbonyl (C=O) groups is 1. The SMILES string of the molecule is NC[C@@H]1CCC[C@@H]1C(=O)c1ccsn1. The van der Waals surface area contributed by atoms with Crippen molar-refractivity contribution in [1.82, 2.24) is 4.37 Å². The second-order valence-electron chi connectivity index (χ2n) is 3.78. The fourth-order valence-electron chi connectivity index (χ4n) is 2.19. The topological polar surface area (TPSA) is 56.0 Å². The van der Waals surface area contributed by atoms with Gasteiger partial charge in [-0.2, -0.15) is 4.37 Å². The van der Waals surface area contributed by atoms with Crippen LogP contribution in [0.2, 0.25) is 0 Å². The number of ketones is 1. The lowest BCUT2D eigenvalue weighted by Gasteiger charge is -2.14. The van der Waals surface area contributed by atoms with Crippen LogP contribution in [0.3, 0.4) is 0 Å². The van der Waals surface area contributed by atoms with Gasteiger partial charge in [-0.3, -0.25) is 4.79 Å². The summed E-state index contributed by atoms with van der Waals surface area (Å²) in [7, 11) is 0. The fourth-order valence-corrected chi connectivity index (χ4v) is 2.71. The van der Waals surface area contributed by atoms with E-state index in [-0.39, 0.29) is 11.7 Å². The molecule has 1 fully saturated rings. The Bertz CT molecular complexity index is 310. The van der Waals surface area contributed by atoms with Crippen molar-refractivity contribution in [3.63, 3.8) is 0 Å². The van der Waals surface area contributed by atoms with Crippen LogP contribution >= 0.6 is 11.5 Å². The van der Waals surface area contributed by atoms with E-state index in [2.05, 4.69) is 4.37 Å². The monoisotopic (exact) mass is 210 g/mol. The second kappa shape index (κ2) is 4.19. The van der Waals surface area contributed by atoms with Gasteiger partial charge in [0.2, 0.25) is 0 Å². The third-order valence-electron chi connectivity index (χ3n) is 2.99. The van der Waals surface area contributed by atoms with E-state index in [1.807, 2.05) is 5.38 Å². The zero-order valence-corrected chi connectivity index (χ0v) is 8.80. The van der Waals surface area contributed by atoms with Gasteiger partial charge in [-0.15, -0.1) is 0 Å². The van der Waals surface area contributed by atoms with E-state index >= 15 is 0 Å². The van der Waals surface area contributed by atoms with E-state index in [1.165, 1.54) is 11.5 Å². The first-order valence-electron chi connectivity index (χ1n) is 4.97. The van der Waals surface area contributed by atoms with Crippen LogP contribution in [0.25, 0.3) is 0 Å².